The fourth-order valence-electron chi connectivity index (χ4n) is 2.25. The Hall–Kier alpha value is -1.65. The van der Waals surface area contributed by atoms with E-state index >= 15 is 0 Å². The summed E-state index contributed by atoms with van der Waals surface area (Å²) in [4.78, 5) is 15.4. The van der Waals surface area contributed by atoms with Crippen LogP contribution in [-0.4, -0.2) is 24.4 Å². The number of amides is 1. The van der Waals surface area contributed by atoms with Gasteiger partial charge in [0, 0.05) is 10.9 Å². The topological polar surface area (TPSA) is 32.3 Å². The molecule has 1 amide bonds. The first kappa shape index (κ1) is 15.7. The van der Waals surface area contributed by atoms with Crippen molar-refractivity contribution in [3.63, 3.8) is 0 Å². The number of thiophene rings is 1. The molecule has 0 aliphatic carbocycles. The Balaban J connectivity index is 1.87. The lowest BCUT2D eigenvalue weighted by atomic mass is 10.1. The van der Waals surface area contributed by atoms with E-state index in [2.05, 4.69) is 29.3 Å². The summed E-state index contributed by atoms with van der Waals surface area (Å²) in [5.74, 6) is 0.0566. The van der Waals surface area contributed by atoms with E-state index in [1.807, 2.05) is 49.7 Å². The molecule has 1 aromatic carbocycles. The van der Waals surface area contributed by atoms with Gasteiger partial charge >= 0.3 is 0 Å². The van der Waals surface area contributed by atoms with E-state index in [1.165, 1.54) is 10.4 Å². The van der Waals surface area contributed by atoms with Gasteiger partial charge in [-0.2, -0.15) is 0 Å². The zero-order valence-electron chi connectivity index (χ0n) is 12.7. The minimum absolute atomic E-state index is 0.0566. The van der Waals surface area contributed by atoms with E-state index in [4.69, 9.17) is 0 Å². The van der Waals surface area contributed by atoms with Gasteiger partial charge in [0.05, 0.1) is 12.6 Å². The lowest BCUT2D eigenvalue weighted by molar-refractivity contribution is -0.123. The van der Waals surface area contributed by atoms with Gasteiger partial charge in [0.1, 0.15) is 0 Å². The van der Waals surface area contributed by atoms with Crippen LogP contribution in [0.2, 0.25) is 0 Å². The summed E-state index contributed by atoms with van der Waals surface area (Å²) in [5.41, 5.74) is 1.22. The number of rotatable bonds is 6. The van der Waals surface area contributed by atoms with Crippen LogP contribution in [0.15, 0.2) is 47.8 Å². The molecular weight excluding hydrogens is 280 g/mol. The number of nitrogens with one attached hydrogen (secondary N) is 1. The Morgan fingerprint density at radius 1 is 1.19 bits per heavy atom. The molecular formula is C17H22N2OS. The molecule has 0 bridgehead atoms. The molecule has 0 aliphatic rings. The molecule has 0 saturated heterocycles. The number of carbonyl (C=O) groups is 1. The summed E-state index contributed by atoms with van der Waals surface area (Å²) in [6, 6.07) is 14.6. The molecule has 0 radical (unpaired) electrons. The van der Waals surface area contributed by atoms with Gasteiger partial charge in [-0.15, -0.1) is 11.3 Å². The predicted molar refractivity (Wildman–Crippen MR) is 88.4 cm³/mol. The number of hydrogen-bond donors (Lipinski definition) is 1. The molecule has 3 nitrogen and oxygen atoms in total. The van der Waals surface area contributed by atoms with E-state index in [-0.39, 0.29) is 18.0 Å². The quantitative estimate of drug-likeness (QED) is 0.884. The number of hydrogen-bond acceptors (Lipinski definition) is 3. The molecule has 1 N–H and O–H groups in total. The van der Waals surface area contributed by atoms with E-state index in [9.17, 15) is 4.79 Å². The molecule has 1 heterocycles. The van der Waals surface area contributed by atoms with Crippen LogP contribution in [0.5, 0.6) is 0 Å². The fourth-order valence-corrected chi connectivity index (χ4v) is 2.98. The zero-order valence-corrected chi connectivity index (χ0v) is 13.6. The highest BCUT2D eigenvalue weighted by Gasteiger charge is 2.16. The Labute approximate surface area is 130 Å². The molecule has 2 rings (SSSR count). The second-order valence-electron chi connectivity index (χ2n) is 5.31. The maximum atomic E-state index is 12.1. The average molecular weight is 302 g/mol. The van der Waals surface area contributed by atoms with Gasteiger partial charge in [-0.1, -0.05) is 36.4 Å². The highest BCUT2D eigenvalue weighted by molar-refractivity contribution is 7.10. The summed E-state index contributed by atoms with van der Waals surface area (Å²) in [6.07, 6.45) is 0. The van der Waals surface area contributed by atoms with E-state index in [0.29, 0.717) is 6.54 Å². The molecule has 2 aromatic rings. The maximum Gasteiger partial charge on any atom is 0.234 e. The Morgan fingerprint density at radius 3 is 2.52 bits per heavy atom. The predicted octanol–water partition coefficient (Wildman–Crippen LogP) is 3.62. The van der Waals surface area contributed by atoms with Crippen molar-refractivity contribution < 1.29 is 4.79 Å². The average Bonchev–Trinajstić information content (AvgIpc) is 3.01. The van der Waals surface area contributed by atoms with Crippen molar-refractivity contribution >= 4 is 17.2 Å². The number of benzene rings is 1. The van der Waals surface area contributed by atoms with Crippen molar-refractivity contribution in [2.75, 3.05) is 13.6 Å². The van der Waals surface area contributed by atoms with Crippen LogP contribution in [0.3, 0.4) is 0 Å². The van der Waals surface area contributed by atoms with E-state index in [0.717, 1.165) is 0 Å². The van der Waals surface area contributed by atoms with Gasteiger partial charge in [-0.3, -0.25) is 9.69 Å². The van der Waals surface area contributed by atoms with Gasteiger partial charge < -0.3 is 5.32 Å². The van der Waals surface area contributed by atoms with Gasteiger partial charge in [-0.25, -0.2) is 0 Å². The molecule has 112 valence electrons. The van der Waals surface area contributed by atoms with Gasteiger partial charge in [-0.05, 0) is 37.9 Å². The van der Waals surface area contributed by atoms with Crippen molar-refractivity contribution in [2.45, 2.75) is 25.9 Å². The van der Waals surface area contributed by atoms with Crippen LogP contribution in [-0.2, 0) is 4.79 Å². The fraction of sp³-hybridized carbons (Fsp3) is 0.353. The third-order valence-electron chi connectivity index (χ3n) is 3.68. The number of nitrogens with zero attached hydrogens (tertiary/aromatic N) is 1. The number of likely N-dealkylation sites (N-methyl/N-ethyl adjacent to an activating group) is 1. The van der Waals surface area contributed by atoms with Gasteiger partial charge in [0.25, 0.3) is 0 Å². The molecule has 1 aromatic heterocycles. The van der Waals surface area contributed by atoms with Crippen molar-refractivity contribution in [1.82, 2.24) is 10.2 Å². The normalized spacial score (nSPS) is 13.9. The minimum atomic E-state index is 0.0566. The van der Waals surface area contributed by atoms with Gasteiger partial charge in [0.2, 0.25) is 5.91 Å². The van der Waals surface area contributed by atoms with Crippen LogP contribution in [0, 0.1) is 0 Å². The SMILES string of the molecule is C[C@H](NC(=O)CN(C)[C@H](C)c1ccccc1)c1cccs1. The standard InChI is InChI=1S/C17H22N2OS/c1-13(16-10-7-11-21-16)18-17(20)12-19(3)14(2)15-8-5-4-6-9-15/h4-11,13-14H,12H2,1-3H3,(H,18,20)/t13-,14+/m0/s1. The number of carbonyl (C=O) groups excluding carboxylic acids is 1. The van der Waals surface area contributed by atoms with E-state index in [1.54, 1.807) is 11.3 Å². The van der Waals surface area contributed by atoms with Gasteiger partial charge in [0.15, 0.2) is 0 Å². The second-order valence-corrected chi connectivity index (χ2v) is 6.29. The first-order valence-corrected chi connectivity index (χ1v) is 8.04. The monoisotopic (exact) mass is 302 g/mol. The summed E-state index contributed by atoms with van der Waals surface area (Å²) in [7, 11) is 1.98. The molecule has 0 aliphatic heterocycles. The molecule has 0 fully saturated rings. The van der Waals surface area contributed by atoms with Crippen LogP contribution in [0.4, 0.5) is 0 Å². The van der Waals surface area contributed by atoms with Crippen molar-refractivity contribution in [3.8, 4) is 0 Å². The molecule has 4 heteroatoms. The lowest BCUT2D eigenvalue weighted by Crippen LogP contribution is -2.37. The molecule has 0 unspecified atom stereocenters. The summed E-state index contributed by atoms with van der Waals surface area (Å²) >= 11 is 1.67. The van der Waals surface area contributed by atoms with Crippen LogP contribution in [0.1, 0.15) is 36.4 Å². The smallest absolute Gasteiger partial charge is 0.234 e. The van der Waals surface area contributed by atoms with Crippen LogP contribution >= 0.6 is 11.3 Å². The molecule has 0 saturated carbocycles. The van der Waals surface area contributed by atoms with Crippen molar-refractivity contribution in [1.29, 1.82) is 0 Å². The zero-order chi connectivity index (χ0) is 15.2. The maximum absolute atomic E-state index is 12.1. The highest BCUT2D eigenvalue weighted by atomic mass is 32.1. The third kappa shape index (κ3) is 4.41. The second kappa shape index (κ2) is 7.38. The molecule has 21 heavy (non-hydrogen) atoms. The van der Waals surface area contributed by atoms with Crippen molar-refractivity contribution in [2.24, 2.45) is 0 Å². The largest absolute Gasteiger partial charge is 0.348 e. The summed E-state index contributed by atoms with van der Waals surface area (Å²) in [6.45, 7) is 4.53. The molecule has 0 spiro atoms. The Kier molecular flexibility index (Phi) is 5.53. The molecule has 2 atom stereocenters. The third-order valence-corrected chi connectivity index (χ3v) is 4.74. The first-order chi connectivity index (χ1) is 10.1. The minimum Gasteiger partial charge on any atom is -0.348 e. The summed E-state index contributed by atoms with van der Waals surface area (Å²) in [5, 5.41) is 5.08. The summed E-state index contributed by atoms with van der Waals surface area (Å²) < 4.78 is 0. The Bertz CT molecular complexity index is 553. The first-order valence-electron chi connectivity index (χ1n) is 7.16. The van der Waals surface area contributed by atoms with Crippen LogP contribution < -0.4 is 5.32 Å². The van der Waals surface area contributed by atoms with Crippen LogP contribution in [0.25, 0.3) is 0 Å². The van der Waals surface area contributed by atoms with Crippen molar-refractivity contribution in [3.05, 3.63) is 58.3 Å². The van der Waals surface area contributed by atoms with E-state index < -0.39 is 0 Å². The Morgan fingerprint density at radius 2 is 1.90 bits per heavy atom. The lowest BCUT2D eigenvalue weighted by Gasteiger charge is -2.25. The highest BCUT2D eigenvalue weighted by Crippen LogP contribution is 2.19.